The minimum absolute atomic E-state index is 0.558. The summed E-state index contributed by atoms with van der Waals surface area (Å²) in [7, 11) is 3.77. The van der Waals surface area contributed by atoms with Gasteiger partial charge in [-0.3, -0.25) is 0 Å². The smallest absolute Gasteiger partial charge is 0.328 e. The van der Waals surface area contributed by atoms with Crippen LogP contribution in [0.1, 0.15) is 19.0 Å². The monoisotopic (exact) mass is 341 g/mol. The average molecular weight is 341 g/mol. The van der Waals surface area contributed by atoms with Gasteiger partial charge in [0.05, 0.1) is 18.8 Å². The lowest BCUT2D eigenvalue weighted by molar-refractivity contribution is -0.134. The molecule has 0 bridgehead atoms. The first-order valence-electron chi connectivity index (χ1n) is 6.73. The minimum atomic E-state index is -1.26. The third-order valence-electron chi connectivity index (χ3n) is 3.12. The summed E-state index contributed by atoms with van der Waals surface area (Å²) in [4.78, 5) is 21.4. The number of aromatic nitrogens is 2. The Bertz CT molecular complexity index is 608. The van der Waals surface area contributed by atoms with Crippen molar-refractivity contribution in [3.8, 4) is 5.88 Å². The number of rotatable bonds is 4. The molecule has 0 amide bonds. The van der Waals surface area contributed by atoms with Crippen molar-refractivity contribution in [1.82, 2.24) is 13.6 Å². The lowest BCUT2D eigenvalue weighted by Gasteiger charge is -2.25. The van der Waals surface area contributed by atoms with Crippen molar-refractivity contribution in [1.29, 1.82) is 0 Å². The maximum absolute atomic E-state index is 9.55. The summed E-state index contributed by atoms with van der Waals surface area (Å²) in [5, 5.41) is 15.6. The lowest BCUT2D eigenvalue weighted by Crippen LogP contribution is -2.27. The average Bonchev–Trinajstić information content (AvgIpc) is 2.96. The van der Waals surface area contributed by atoms with Gasteiger partial charge in [0, 0.05) is 25.2 Å². The molecule has 126 valence electrons. The van der Waals surface area contributed by atoms with Crippen molar-refractivity contribution in [3.05, 3.63) is 23.4 Å². The number of nitrogens with zero attached hydrogens (tertiary/aromatic N) is 3. The molecule has 0 spiro atoms. The van der Waals surface area contributed by atoms with E-state index in [9.17, 15) is 9.59 Å². The minimum Gasteiger partial charge on any atom is -0.479 e. The molecule has 0 unspecified atom stereocenters. The maximum Gasteiger partial charge on any atom is 0.328 e. The van der Waals surface area contributed by atoms with E-state index in [2.05, 4.69) is 27.6 Å². The van der Waals surface area contributed by atoms with Crippen LogP contribution >= 0.6 is 11.7 Å². The van der Waals surface area contributed by atoms with Gasteiger partial charge in [-0.25, -0.2) is 9.59 Å². The SMILES string of the molecule is COc1nsnc1C1=C(C)CCN(C)C1.O=C(O)C=CC(=O)O. The molecule has 2 heterocycles. The summed E-state index contributed by atoms with van der Waals surface area (Å²) in [6.45, 7) is 4.23. The number of aliphatic carboxylic acids is 2. The van der Waals surface area contributed by atoms with Crippen LogP contribution in [-0.2, 0) is 9.59 Å². The van der Waals surface area contributed by atoms with Gasteiger partial charge in [0.15, 0.2) is 0 Å². The second kappa shape index (κ2) is 9.01. The second-order valence-corrected chi connectivity index (χ2v) is 5.41. The molecule has 0 saturated carbocycles. The quantitative estimate of drug-likeness (QED) is 0.790. The van der Waals surface area contributed by atoms with Crippen LogP contribution < -0.4 is 4.74 Å². The Labute approximate surface area is 138 Å². The van der Waals surface area contributed by atoms with Gasteiger partial charge in [-0.15, -0.1) is 4.37 Å². The van der Waals surface area contributed by atoms with Crippen molar-refractivity contribution in [2.45, 2.75) is 13.3 Å². The number of hydrogen-bond acceptors (Lipinski definition) is 7. The fourth-order valence-corrected chi connectivity index (χ4v) is 2.46. The summed E-state index contributed by atoms with van der Waals surface area (Å²) in [5.74, 6) is -1.86. The van der Waals surface area contributed by atoms with Crippen LogP contribution in [0.2, 0.25) is 0 Å². The van der Waals surface area contributed by atoms with Crippen molar-refractivity contribution >= 4 is 29.2 Å². The van der Waals surface area contributed by atoms with Gasteiger partial charge in [0.25, 0.3) is 5.88 Å². The first kappa shape index (κ1) is 18.8. The maximum atomic E-state index is 9.55. The summed E-state index contributed by atoms with van der Waals surface area (Å²) in [5.41, 5.74) is 3.60. The molecule has 0 aliphatic carbocycles. The number of likely N-dealkylation sites (N-methyl/N-ethyl adjacent to an activating group) is 1. The molecule has 0 radical (unpaired) electrons. The third kappa shape index (κ3) is 6.17. The van der Waals surface area contributed by atoms with E-state index in [0.29, 0.717) is 18.0 Å². The number of ether oxygens (including phenoxy) is 1. The number of methoxy groups -OCH3 is 1. The van der Waals surface area contributed by atoms with Crippen LogP contribution in [0, 0.1) is 0 Å². The summed E-state index contributed by atoms with van der Waals surface area (Å²) in [6, 6.07) is 0. The highest BCUT2D eigenvalue weighted by Gasteiger charge is 2.20. The fraction of sp³-hybridized carbons (Fsp3) is 0.429. The highest BCUT2D eigenvalue weighted by atomic mass is 32.1. The Balaban J connectivity index is 0.000000284. The number of hydrogen-bond donors (Lipinski definition) is 2. The topological polar surface area (TPSA) is 113 Å². The van der Waals surface area contributed by atoms with E-state index in [4.69, 9.17) is 14.9 Å². The Kier molecular flexibility index (Phi) is 7.36. The van der Waals surface area contributed by atoms with Gasteiger partial charge in [-0.1, -0.05) is 5.57 Å². The standard InChI is InChI=1S/C10H15N3OS.C4H4O4/c1-7-4-5-13(2)6-8(7)9-10(14-3)12-15-11-9;5-3(6)1-2-4(7)8/h4-6H2,1-3H3;1-2H,(H,5,6)(H,7,8). The molecule has 0 aromatic carbocycles. The van der Waals surface area contributed by atoms with E-state index in [-0.39, 0.29) is 0 Å². The zero-order valence-electron chi connectivity index (χ0n) is 13.1. The predicted molar refractivity (Wildman–Crippen MR) is 85.6 cm³/mol. The van der Waals surface area contributed by atoms with Crippen LogP contribution in [-0.4, -0.2) is 63.0 Å². The summed E-state index contributed by atoms with van der Waals surface area (Å²) in [6.07, 6.45) is 2.22. The zero-order chi connectivity index (χ0) is 17.4. The van der Waals surface area contributed by atoms with E-state index in [0.717, 1.165) is 25.2 Å². The molecule has 0 saturated heterocycles. The number of carboxylic acids is 2. The van der Waals surface area contributed by atoms with Crippen LogP contribution in [0.25, 0.3) is 5.57 Å². The molecular weight excluding hydrogens is 322 g/mol. The molecule has 1 aliphatic rings. The third-order valence-corrected chi connectivity index (χ3v) is 3.63. The first-order valence-corrected chi connectivity index (χ1v) is 7.46. The van der Waals surface area contributed by atoms with Crippen LogP contribution in [0.3, 0.4) is 0 Å². The molecule has 2 rings (SSSR count). The van der Waals surface area contributed by atoms with E-state index in [1.807, 2.05) is 0 Å². The number of carbonyl (C=O) groups is 2. The van der Waals surface area contributed by atoms with E-state index in [1.54, 1.807) is 7.11 Å². The van der Waals surface area contributed by atoms with Gasteiger partial charge in [0.1, 0.15) is 5.69 Å². The first-order chi connectivity index (χ1) is 10.8. The molecule has 1 aliphatic heterocycles. The van der Waals surface area contributed by atoms with Crippen molar-refractivity contribution in [3.63, 3.8) is 0 Å². The summed E-state index contributed by atoms with van der Waals surface area (Å²) >= 11 is 1.21. The Hall–Kier alpha value is -2.26. The Morgan fingerprint density at radius 3 is 2.39 bits per heavy atom. The van der Waals surface area contributed by atoms with E-state index in [1.165, 1.54) is 22.9 Å². The van der Waals surface area contributed by atoms with Gasteiger partial charge in [0.2, 0.25) is 0 Å². The van der Waals surface area contributed by atoms with Gasteiger partial charge in [-0.2, -0.15) is 4.37 Å². The van der Waals surface area contributed by atoms with E-state index < -0.39 is 11.9 Å². The van der Waals surface area contributed by atoms with E-state index >= 15 is 0 Å². The molecule has 1 aromatic heterocycles. The van der Waals surface area contributed by atoms with Crippen LogP contribution in [0.15, 0.2) is 17.7 Å². The normalized spacial score (nSPS) is 15.3. The number of carboxylic acid groups (broad SMARTS) is 2. The molecular formula is C14H19N3O5S. The highest BCUT2D eigenvalue weighted by Crippen LogP contribution is 2.30. The van der Waals surface area contributed by atoms with Crippen molar-refractivity contribution in [2.75, 3.05) is 27.2 Å². The predicted octanol–water partition coefficient (Wildman–Crippen LogP) is 1.37. The van der Waals surface area contributed by atoms with Gasteiger partial charge in [-0.05, 0) is 26.0 Å². The highest BCUT2D eigenvalue weighted by molar-refractivity contribution is 6.99. The molecule has 0 atom stereocenters. The molecule has 23 heavy (non-hydrogen) atoms. The molecule has 9 heteroatoms. The van der Waals surface area contributed by atoms with Crippen molar-refractivity contribution < 1.29 is 24.5 Å². The molecule has 2 N–H and O–H groups in total. The van der Waals surface area contributed by atoms with Crippen LogP contribution in [0.4, 0.5) is 0 Å². The van der Waals surface area contributed by atoms with Crippen molar-refractivity contribution in [2.24, 2.45) is 0 Å². The molecule has 8 nitrogen and oxygen atoms in total. The molecule has 0 fully saturated rings. The Morgan fingerprint density at radius 2 is 1.87 bits per heavy atom. The summed E-state index contributed by atoms with van der Waals surface area (Å²) < 4.78 is 13.6. The Morgan fingerprint density at radius 1 is 1.26 bits per heavy atom. The second-order valence-electron chi connectivity index (χ2n) is 4.88. The fourth-order valence-electron chi connectivity index (χ4n) is 1.91. The van der Waals surface area contributed by atoms with Crippen LogP contribution in [0.5, 0.6) is 5.88 Å². The van der Waals surface area contributed by atoms with Gasteiger partial charge < -0.3 is 19.8 Å². The lowest BCUT2D eigenvalue weighted by atomic mass is 9.99. The molecule has 1 aromatic rings. The largest absolute Gasteiger partial charge is 0.479 e. The van der Waals surface area contributed by atoms with Gasteiger partial charge >= 0.3 is 11.9 Å². The zero-order valence-corrected chi connectivity index (χ0v) is 14.0.